The molecule has 0 atom stereocenters. The SMILES string of the molecule is O=C(NO)c1ccc(CS(=O)(=O)Nc2ccc(O)c(C(F)(F)F)c2Cc2cccnc2)cc1. The largest absolute Gasteiger partial charge is 0.507 e. The molecule has 0 radical (unpaired) electrons. The number of rotatable bonds is 7. The molecule has 2 aromatic carbocycles. The number of sulfonamides is 1. The van der Waals surface area contributed by atoms with E-state index in [1.807, 2.05) is 0 Å². The number of carbonyl (C=O) groups excluding carboxylic acids is 1. The molecule has 0 aliphatic rings. The molecule has 0 bridgehead atoms. The summed E-state index contributed by atoms with van der Waals surface area (Å²) >= 11 is 0. The number of hydroxylamine groups is 1. The predicted octanol–water partition coefficient (Wildman–Crippen LogP) is 3.46. The Labute approximate surface area is 186 Å². The van der Waals surface area contributed by atoms with Crippen molar-refractivity contribution in [3.63, 3.8) is 0 Å². The number of hydrogen-bond acceptors (Lipinski definition) is 6. The van der Waals surface area contributed by atoms with Gasteiger partial charge in [-0.25, -0.2) is 13.9 Å². The predicted molar refractivity (Wildman–Crippen MR) is 112 cm³/mol. The van der Waals surface area contributed by atoms with Crippen LogP contribution in [0.15, 0.2) is 60.9 Å². The molecule has 8 nitrogen and oxygen atoms in total. The lowest BCUT2D eigenvalue weighted by Gasteiger charge is -2.19. The minimum atomic E-state index is -4.94. The van der Waals surface area contributed by atoms with Gasteiger partial charge in [-0.2, -0.15) is 13.2 Å². The van der Waals surface area contributed by atoms with Crippen molar-refractivity contribution < 1.29 is 36.7 Å². The molecule has 1 amide bonds. The summed E-state index contributed by atoms with van der Waals surface area (Å²) in [4.78, 5) is 15.2. The third-order valence-corrected chi connectivity index (χ3v) is 5.86. The van der Waals surface area contributed by atoms with E-state index in [2.05, 4.69) is 9.71 Å². The minimum Gasteiger partial charge on any atom is -0.507 e. The first-order chi connectivity index (χ1) is 15.5. The fourth-order valence-electron chi connectivity index (χ4n) is 3.18. The number of amides is 1. The van der Waals surface area contributed by atoms with E-state index in [0.717, 1.165) is 12.1 Å². The summed E-state index contributed by atoms with van der Waals surface area (Å²) < 4.78 is 68.7. The van der Waals surface area contributed by atoms with E-state index in [-0.39, 0.29) is 23.2 Å². The average molecular weight is 481 g/mol. The fraction of sp³-hybridized carbons (Fsp3) is 0.143. The van der Waals surface area contributed by atoms with Crippen LogP contribution in [-0.4, -0.2) is 29.6 Å². The van der Waals surface area contributed by atoms with Crippen LogP contribution in [0.3, 0.4) is 0 Å². The zero-order chi connectivity index (χ0) is 24.2. The van der Waals surface area contributed by atoms with E-state index in [1.165, 1.54) is 54.3 Å². The van der Waals surface area contributed by atoms with Crippen LogP contribution in [0.25, 0.3) is 0 Å². The van der Waals surface area contributed by atoms with Gasteiger partial charge in [0, 0.05) is 24.4 Å². The fourth-order valence-corrected chi connectivity index (χ4v) is 4.41. The molecule has 1 aromatic heterocycles. The zero-order valence-corrected chi connectivity index (χ0v) is 17.6. The Morgan fingerprint density at radius 3 is 2.30 bits per heavy atom. The van der Waals surface area contributed by atoms with E-state index in [1.54, 1.807) is 0 Å². The molecule has 0 aliphatic carbocycles. The summed E-state index contributed by atoms with van der Waals surface area (Å²) in [6.07, 6.45) is -2.49. The zero-order valence-electron chi connectivity index (χ0n) is 16.8. The third-order valence-electron chi connectivity index (χ3n) is 4.62. The number of aromatic hydroxyl groups is 1. The minimum absolute atomic E-state index is 0.0821. The summed E-state index contributed by atoms with van der Waals surface area (Å²) in [6, 6.07) is 10.1. The van der Waals surface area contributed by atoms with Gasteiger partial charge >= 0.3 is 6.18 Å². The number of nitrogens with one attached hydrogen (secondary N) is 2. The molecular weight excluding hydrogens is 463 g/mol. The molecule has 0 spiro atoms. The number of hydrogen-bond donors (Lipinski definition) is 4. The van der Waals surface area contributed by atoms with Gasteiger partial charge in [-0.05, 0) is 47.0 Å². The highest BCUT2D eigenvalue weighted by molar-refractivity contribution is 7.91. The van der Waals surface area contributed by atoms with Crippen molar-refractivity contribution in [2.45, 2.75) is 18.3 Å². The van der Waals surface area contributed by atoms with Gasteiger partial charge in [-0.1, -0.05) is 18.2 Å². The Bertz CT molecular complexity index is 1250. The Hall–Kier alpha value is -3.64. The van der Waals surface area contributed by atoms with Crippen LogP contribution in [0.2, 0.25) is 0 Å². The lowest BCUT2D eigenvalue weighted by molar-refractivity contribution is -0.139. The van der Waals surface area contributed by atoms with Crippen molar-refractivity contribution in [2.24, 2.45) is 0 Å². The molecule has 3 aromatic rings. The van der Waals surface area contributed by atoms with Crippen LogP contribution in [0.4, 0.5) is 18.9 Å². The van der Waals surface area contributed by atoms with Crippen molar-refractivity contribution >= 4 is 21.6 Å². The number of benzene rings is 2. The summed E-state index contributed by atoms with van der Waals surface area (Å²) in [5.41, 5.74) is 0.0327. The summed E-state index contributed by atoms with van der Waals surface area (Å²) in [7, 11) is -4.18. The second kappa shape index (κ2) is 9.46. The van der Waals surface area contributed by atoms with Crippen molar-refractivity contribution in [1.82, 2.24) is 10.5 Å². The van der Waals surface area contributed by atoms with E-state index in [4.69, 9.17) is 5.21 Å². The number of carbonyl (C=O) groups is 1. The Morgan fingerprint density at radius 2 is 1.73 bits per heavy atom. The first-order valence-electron chi connectivity index (χ1n) is 9.35. The number of phenolic OH excluding ortho intramolecular Hbond substituents is 1. The van der Waals surface area contributed by atoms with Gasteiger partial charge in [0.15, 0.2) is 0 Å². The number of halogens is 3. The maximum atomic E-state index is 13.7. The summed E-state index contributed by atoms with van der Waals surface area (Å²) in [6.45, 7) is 0. The standard InChI is InChI=1S/C21H18F3N3O5S/c22-21(23,24)19-16(10-14-2-1-9-25-11-14)17(7-8-18(19)28)27-33(31,32)12-13-3-5-15(6-4-13)20(29)26-30/h1-9,11,27-28,30H,10,12H2,(H,26,29). The van der Waals surface area contributed by atoms with Crippen LogP contribution in [-0.2, 0) is 28.4 Å². The maximum absolute atomic E-state index is 13.7. The van der Waals surface area contributed by atoms with Crippen molar-refractivity contribution in [3.05, 3.63) is 88.7 Å². The molecule has 1 heterocycles. The van der Waals surface area contributed by atoms with Gasteiger partial charge in [0.25, 0.3) is 5.91 Å². The highest BCUT2D eigenvalue weighted by Crippen LogP contribution is 2.42. The second-order valence-corrected chi connectivity index (χ2v) is 8.74. The summed E-state index contributed by atoms with van der Waals surface area (Å²) in [5, 5.41) is 18.5. The average Bonchev–Trinajstić information content (AvgIpc) is 2.75. The Balaban J connectivity index is 1.95. The highest BCUT2D eigenvalue weighted by Gasteiger charge is 2.38. The van der Waals surface area contributed by atoms with Crippen LogP contribution >= 0.6 is 0 Å². The van der Waals surface area contributed by atoms with Crippen molar-refractivity contribution in [3.8, 4) is 5.75 Å². The number of phenols is 1. The lowest BCUT2D eigenvalue weighted by Crippen LogP contribution is -2.20. The van der Waals surface area contributed by atoms with E-state index in [9.17, 15) is 31.5 Å². The topological polar surface area (TPSA) is 129 Å². The molecule has 33 heavy (non-hydrogen) atoms. The molecule has 0 aliphatic heterocycles. The first kappa shape index (κ1) is 24.0. The number of aromatic nitrogens is 1. The van der Waals surface area contributed by atoms with Gasteiger partial charge in [-0.3, -0.25) is 19.7 Å². The molecule has 0 saturated heterocycles. The van der Waals surface area contributed by atoms with Crippen LogP contribution in [0, 0.1) is 0 Å². The van der Waals surface area contributed by atoms with Gasteiger partial charge in [0.05, 0.1) is 11.4 Å². The normalized spacial score (nSPS) is 11.8. The van der Waals surface area contributed by atoms with Crippen LogP contribution in [0.1, 0.15) is 32.6 Å². The number of alkyl halides is 3. The van der Waals surface area contributed by atoms with Crippen molar-refractivity contribution in [2.75, 3.05) is 4.72 Å². The quantitative estimate of drug-likeness (QED) is 0.232. The first-order valence-corrected chi connectivity index (χ1v) is 11.0. The number of nitrogens with zero attached hydrogens (tertiary/aromatic N) is 1. The van der Waals surface area contributed by atoms with Crippen LogP contribution in [0.5, 0.6) is 5.75 Å². The maximum Gasteiger partial charge on any atom is 0.420 e. The lowest BCUT2D eigenvalue weighted by atomic mass is 9.97. The molecule has 0 unspecified atom stereocenters. The van der Waals surface area contributed by atoms with Gasteiger partial charge in [0.2, 0.25) is 10.0 Å². The Kier molecular flexibility index (Phi) is 6.89. The van der Waals surface area contributed by atoms with Gasteiger partial charge in [0.1, 0.15) is 11.3 Å². The molecule has 3 rings (SSSR count). The third kappa shape index (κ3) is 5.99. The van der Waals surface area contributed by atoms with Gasteiger partial charge < -0.3 is 5.11 Å². The molecule has 174 valence electrons. The number of anilines is 1. The number of pyridine rings is 1. The highest BCUT2D eigenvalue weighted by atomic mass is 32.2. The van der Waals surface area contributed by atoms with E-state index in [0.29, 0.717) is 5.56 Å². The smallest absolute Gasteiger partial charge is 0.420 e. The van der Waals surface area contributed by atoms with E-state index >= 15 is 0 Å². The molecule has 0 fully saturated rings. The summed E-state index contributed by atoms with van der Waals surface area (Å²) in [5.74, 6) is -2.41. The van der Waals surface area contributed by atoms with Crippen molar-refractivity contribution in [1.29, 1.82) is 0 Å². The Morgan fingerprint density at radius 1 is 1.03 bits per heavy atom. The molecule has 0 saturated carbocycles. The van der Waals surface area contributed by atoms with Gasteiger partial charge in [-0.15, -0.1) is 0 Å². The second-order valence-electron chi connectivity index (χ2n) is 7.02. The monoisotopic (exact) mass is 481 g/mol. The molecule has 4 N–H and O–H groups in total. The molecule has 12 heteroatoms. The van der Waals surface area contributed by atoms with E-state index < -0.39 is 44.7 Å². The van der Waals surface area contributed by atoms with Crippen LogP contribution < -0.4 is 10.2 Å². The molecular formula is C21H18F3N3O5S.